The molecule has 0 spiro atoms. The van der Waals surface area contributed by atoms with Gasteiger partial charge in [-0.1, -0.05) is 11.6 Å². The highest BCUT2D eigenvalue weighted by atomic mass is 35.5. The lowest BCUT2D eigenvalue weighted by atomic mass is 10.4. The minimum atomic E-state index is -3.21. The minimum absolute atomic E-state index is 0.0993. The zero-order valence-electron chi connectivity index (χ0n) is 10.7. The first-order valence-corrected chi connectivity index (χ1v) is 7.78. The molecule has 0 aliphatic rings. The summed E-state index contributed by atoms with van der Waals surface area (Å²) < 4.78 is 23.9. The van der Waals surface area contributed by atoms with E-state index in [0.717, 1.165) is 13.1 Å². The first-order valence-electron chi connectivity index (χ1n) is 5.75. The fourth-order valence-electron chi connectivity index (χ4n) is 1.39. The van der Waals surface area contributed by atoms with E-state index in [9.17, 15) is 8.42 Å². The van der Waals surface area contributed by atoms with Gasteiger partial charge in [0.15, 0.2) is 9.84 Å². The average molecular weight is 291 g/mol. The van der Waals surface area contributed by atoms with Crippen LogP contribution in [0.15, 0.2) is 29.2 Å². The third-order valence-electron chi connectivity index (χ3n) is 2.46. The van der Waals surface area contributed by atoms with Gasteiger partial charge < -0.3 is 10.2 Å². The van der Waals surface area contributed by atoms with Gasteiger partial charge in [-0.3, -0.25) is 0 Å². The summed E-state index contributed by atoms with van der Waals surface area (Å²) in [5.41, 5.74) is 0. The molecule has 6 heteroatoms. The molecular weight excluding hydrogens is 272 g/mol. The van der Waals surface area contributed by atoms with E-state index in [1.165, 1.54) is 12.1 Å². The van der Waals surface area contributed by atoms with Crippen LogP contribution in [-0.4, -0.2) is 52.8 Å². The molecule has 0 amide bonds. The molecule has 1 aromatic carbocycles. The Bertz CT molecular complexity index is 457. The first kappa shape index (κ1) is 15.4. The van der Waals surface area contributed by atoms with E-state index in [1.807, 2.05) is 19.0 Å². The molecule has 0 radical (unpaired) electrons. The van der Waals surface area contributed by atoms with E-state index in [2.05, 4.69) is 5.32 Å². The maximum atomic E-state index is 11.9. The maximum absolute atomic E-state index is 11.9. The van der Waals surface area contributed by atoms with Crippen LogP contribution in [0.2, 0.25) is 5.02 Å². The number of likely N-dealkylation sites (N-methyl/N-ethyl adjacent to an activating group) is 1. The molecule has 18 heavy (non-hydrogen) atoms. The summed E-state index contributed by atoms with van der Waals surface area (Å²) in [6, 6.07) is 6.26. The molecule has 0 saturated heterocycles. The van der Waals surface area contributed by atoms with Gasteiger partial charge in [0.05, 0.1) is 10.6 Å². The number of nitrogens with one attached hydrogen (secondary N) is 1. The third-order valence-corrected chi connectivity index (χ3v) is 4.44. The quantitative estimate of drug-likeness (QED) is 0.768. The van der Waals surface area contributed by atoms with Gasteiger partial charge in [-0.15, -0.1) is 0 Å². The summed E-state index contributed by atoms with van der Waals surface area (Å²) in [5.74, 6) is 0.0993. The average Bonchev–Trinajstić information content (AvgIpc) is 2.28. The van der Waals surface area contributed by atoms with Gasteiger partial charge >= 0.3 is 0 Å². The number of benzene rings is 1. The smallest absolute Gasteiger partial charge is 0.179 e. The van der Waals surface area contributed by atoms with Crippen molar-refractivity contribution in [2.45, 2.75) is 4.90 Å². The Morgan fingerprint density at radius 3 is 2.33 bits per heavy atom. The molecule has 0 fully saturated rings. The highest BCUT2D eigenvalue weighted by Gasteiger charge is 2.13. The van der Waals surface area contributed by atoms with Crippen molar-refractivity contribution in [3.8, 4) is 0 Å². The molecule has 4 nitrogen and oxygen atoms in total. The van der Waals surface area contributed by atoms with Gasteiger partial charge in [-0.05, 0) is 38.4 Å². The van der Waals surface area contributed by atoms with Gasteiger partial charge in [-0.2, -0.15) is 0 Å². The Balaban J connectivity index is 2.43. The monoisotopic (exact) mass is 290 g/mol. The van der Waals surface area contributed by atoms with Gasteiger partial charge in [-0.25, -0.2) is 8.42 Å². The second kappa shape index (κ2) is 7.09. The van der Waals surface area contributed by atoms with E-state index in [-0.39, 0.29) is 5.75 Å². The van der Waals surface area contributed by atoms with Crippen LogP contribution in [0.25, 0.3) is 0 Å². The predicted molar refractivity (Wildman–Crippen MR) is 74.9 cm³/mol. The molecule has 0 bridgehead atoms. The molecule has 0 aliphatic heterocycles. The molecule has 1 rings (SSSR count). The molecule has 0 aliphatic carbocycles. The van der Waals surface area contributed by atoms with E-state index in [1.54, 1.807) is 12.1 Å². The number of sulfone groups is 1. The molecule has 0 atom stereocenters. The summed E-state index contributed by atoms with van der Waals surface area (Å²) in [4.78, 5) is 2.36. The van der Waals surface area contributed by atoms with E-state index in [4.69, 9.17) is 11.6 Å². The van der Waals surface area contributed by atoms with Crippen molar-refractivity contribution in [2.75, 3.05) is 39.5 Å². The molecule has 0 heterocycles. The van der Waals surface area contributed by atoms with Gasteiger partial charge in [0.1, 0.15) is 0 Å². The summed E-state index contributed by atoms with van der Waals surface area (Å²) in [6.07, 6.45) is 0. The molecule has 1 N–H and O–H groups in total. The zero-order chi connectivity index (χ0) is 13.6. The van der Waals surface area contributed by atoms with Crippen LogP contribution in [0.1, 0.15) is 0 Å². The Morgan fingerprint density at radius 2 is 1.78 bits per heavy atom. The Labute approximate surface area is 114 Å². The van der Waals surface area contributed by atoms with Crippen LogP contribution in [0.4, 0.5) is 0 Å². The van der Waals surface area contributed by atoms with Crippen LogP contribution in [0.5, 0.6) is 0 Å². The summed E-state index contributed by atoms with van der Waals surface area (Å²) >= 11 is 5.73. The largest absolute Gasteiger partial charge is 0.314 e. The number of halogens is 1. The van der Waals surface area contributed by atoms with Crippen LogP contribution >= 0.6 is 11.6 Å². The number of hydrogen-bond donors (Lipinski definition) is 1. The van der Waals surface area contributed by atoms with Crippen molar-refractivity contribution >= 4 is 21.4 Å². The van der Waals surface area contributed by atoms with Gasteiger partial charge in [0, 0.05) is 24.7 Å². The van der Waals surface area contributed by atoms with Crippen molar-refractivity contribution in [3.05, 3.63) is 29.3 Å². The first-order chi connectivity index (χ1) is 8.42. The second-order valence-corrected chi connectivity index (χ2v) is 6.87. The fraction of sp³-hybridized carbons (Fsp3) is 0.500. The summed E-state index contributed by atoms with van der Waals surface area (Å²) in [7, 11) is 0.744. The normalized spacial score (nSPS) is 12.0. The predicted octanol–water partition coefficient (Wildman–Crippen LogP) is 1.26. The lowest BCUT2D eigenvalue weighted by Gasteiger charge is -2.10. The van der Waals surface area contributed by atoms with Crippen LogP contribution < -0.4 is 5.32 Å². The third kappa shape index (κ3) is 5.35. The summed E-state index contributed by atoms with van der Waals surface area (Å²) in [5, 5.41) is 3.65. The van der Waals surface area contributed by atoms with Gasteiger partial charge in [0.25, 0.3) is 0 Å². The van der Waals surface area contributed by atoms with Crippen LogP contribution in [0.3, 0.4) is 0 Å². The fourth-order valence-corrected chi connectivity index (χ4v) is 2.72. The molecule has 1 aromatic rings. The van der Waals surface area contributed by atoms with Crippen LogP contribution in [0, 0.1) is 0 Å². The van der Waals surface area contributed by atoms with E-state index < -0.39 is 9.84 Å². The number of rotatable bonds is 7. The minimum Gasteiger partial charge on any atom is -0.314 e. The van der Waals surface area contributed by atoms with Crippen molar-refractivity contribution < 1.29 is 8.42 Å². The van der Waals surface area contributed by atoms with Crippen molar-refractivity contribution in [3.63, 3.8) is 0 Å². The molecule has 0 unspecified atom stereocenters. The van der Waals surface area contributed by atoms with Gasteiger partial charge in [0.2, 0.25) is 0 Å². The topological polar surface area (TPSA) is 49.4 Å². The van der Waals surface area contributed by atoms with Crippen molar-refractivity contribution in [1.29, 1.82) is 0 Å². The molecule has 0 aromatic heterocycles. The standard InChI is InChI=1S/C12H19ClN2O2S/c1-15(2)9-7-14-8-10-18(16,17)12-5-3-11(13)4-6-12/h3-6,14H,7-10H2,1-2H3. The van der Waals surface area contributed by atoms with E-state index in [0.29, 0.717) is 16.5 Å². The highest BCUT2D eigenvalue weighted by Crippen LogP contribution is 2.14. The Kier molecular flexibility index (Phi) is 6.08. The van der Waals surface area contributed by atoms with E-state index >= 15 is 0 Å². The summed E-state index contributed by atoms with van der Waals surface area (Å²) in [6.45, 7) is 2.13. The lowest BCUT2D eigenvalue weighted by Crippen LogP contribution is -2.30. The molecule has 0 saturated carbocycles. The molecular formula is C12H19ClN2O2S. The number of nitrogens with zero attached hydrogens (tertiary/aromatic N) is 1. The Morgan fingerprint density at radius 1 is 1.17 bits per heavy atom. The number of hydrogen-bond acceptors (Lipinski definition) is 4. The maximum Gasteiger partial charge on any atom is 0.179 e. The highest BCUT2D eigenvalue weighted by molar-refractivity contribution is 7.91. The SMILES string of the molecule is CN(C)CCNCCS(=O)(=O)c1ccc(Cl)cc1. The zero-order valence-corrected chi connectivity index (χ0v) is 12.3. The lowest BCUT2D eigenvalue weighted by molar-refractivity contribution is 0.402. The second-order valence-electron chi connectivity index (χ2n) is 4.33. The van der Waals surface area contributed by atoms with Crippen molar-refractivity contribution in [1.82, 2.24) is 10.2 Å². The van der Waals surface area contributed by atoms with Crippen molar-refractivity contribution in [2.24, 2.45) is 0 Å². The molecule has 102 valence electrons. The van der Waals surface area contributed by atoms with Crippen LogP contribution in [-0.2, 0) is 9.84 Å². The Hall–Kier alpha value is -0.620.